The third kappa shape index (κ3) is 4.72. The van der Waals surface area contributed by atoms with Gasteiger partial charge < -0.3 is 20.7 Å². The zero-order valence-corrected chi connectivity index (χ0v) is 14.2. The summed E-state index contributed by atoms with van der Waals surface area (Å²) in [6, 6.07) is 1.54. The zero-order chi connectivity index (χ0) is 17.2. The standard InChI is InChI=1S/C15H21ClN4O3/c1-15(2,3)23-14(22)20-5-4-9(8-20)19-11-6-12(16)18-7-10(11)13(17)21/h6-7,9H,4-5,8H2,1-3H3,(H2,17,21)(H,18,19)/t9-/m1/s1. The average Bonchev–Trinajstić information content (AvgIpc) is 2.85. The number of likely N-dealkylation sites (tertiary alicyclic amines) is 1. The van der Waals surface area contributed by atoms with Gasteiger partial charge in [0.25, 0.3) is 5.91 Å². The van der Waals surface area contributed by atoms with E-state index in [0.29, 0.717) is 18.8 Å². The Balaban J connectivity index is 2.02. The van der Waals surface area contributed by atoms with Crippen LogP contribution in [-0.2, 0) is 4.74 Å². The fourth-order valence-corrected chi connectivity index (χ4v) is 2.49. The molecule has 0 spiro atoms. The number of carbonyl (C=O) groups excluding carboxylic acids is 2. The number of hydrogen-bond acceptors (Lipinski definition) is 5. The van der Waals surface area contributed by atoms with E-state index >= 15 is 0 Å². The number of primary amides is 1. The van der Waals surface area contributed by atoms with Crippen LogP contribution in [0.25, 0.3) is 0 Å². The number of nitrogens with two attached hydrogens (primary N) is 1. The first-order valence-corrected chi connectivity index (χ1v) is 7.73. The molecular formula is C15H21ClN4O3. The van der Waals surface area contributed by atoms with E-state index in [1.165, 1.54) is 6.20 Å². The SMILES string of the molecule is CC(C)(C)OC(=O)N1CC[C@@H](Nc2cc(Cl)ncc2C(N)=O)C1. The predicted molar refractivity (Wildman–Crippen MR) is 87.6 cm³/mol. The lowest BCUT2D eigenvalue weighted by atomic mass is 10.2. The van der Waals surface area contributed by atoms with Crippen LogP contribution in [-0.4, -0.2) is 46.6 Å². The van der Waals surface area contributed by atoms with Crippen molar-refractivity contribution in [2.75, 3.05) is 18.4 Å². The third-order valence-electron chi connectivity index (χ3n) is 3.34. The zero-order valence-electron chi connectivity index (χ0n) is 13.4. The fraction of sp³-hybridized carbons (Fsp3) is 0.533. The number of ether oxygens (including phenoxy) is 1. The smallest absolute Gasteiger partial charge is 0.410 e. The van der Waals surface area contributed by atoms with Gasteiger partial charge in [-0.15, -0.1) is 0 Å². The van der Waals surface area contributed by atoms with Gasteiger partial charge in [0, 0.05) is 25.3 Å². The summed E-state index contributed by atoms with van der Waals surface area (Å²) >= 11 is 5.87. The number of hydrogen-bond donors (Lipinski definition) is 2. The van der Waals surface area contributed by atoms with Crippen LogP contribution in [0.2, 0.25) is 5.15 Å². The molecule has 0 radical (unpaired) electrons. The molecule has 23 heavy (non-hydrogen) atoms. The first-order valence-electron chi connectivity index (χ1n) is 7.35. The van der Waals surface area contributed by atoms with E-state index in [1.807, 2.05) is 20.8 Å². The summed E-state index contributed by atoms with van der Waals surface area (Å²) in [5.41, 5.74) is 5.60. The van der Waals surface area contributed by atoms with Crippen LogP contribution >= 0.6 is 11.6 Å². The topological polar surface area (TPSA) is 97.6 Å². The lowest BCUT2D eigenvalue weighted by Crippen LogP contribution is -2.36. The van der Waals surface area contributed by atoms with E-state index in [-0.39, 0.29) is 22.9 Å². The molecule has 0 bridgehead atoms. The van der Waals surface area contributed by atoms with E-state index in [1.54, 1.807) is 11.0 Å². The maximum Gasteiger partial charge on any atom is 0.410 e. The van der Waals surface area contributed by atoms with Gasteiger partial charge in [-0.3, -0.25) is 4.79 Å². The molecule has 1 saturated heterocycles. The molecule has 2 amide bonds. The predicted octanol–water partition coefficient (Wildman–Crippen LogP) is 2.26. The molecule has 126 valence electrons. The molecule has 0 aromatic carbocycles. The van der Waals surface area contributed by atoms with Crippen LogP contribution in [0.5, 0.6) is 0 Å². The Bertz CT molecular complexity index is 615. The second kappa shape index (κ2) is 6.62. The lowest BCUT2D eigenvalue weighted by molar-refractivity contribution is 0.0293. The van der Waals surface area contributed by atoms with E-state index < -0.39 is 11.5 Å². The minimum atomic E-state index is -0.585. The van der Waals surface area contributed by atoms with E-state index in [4.69, 9.17) is 22.1 Å². The minimum Gasteiger partial charge on any atom is -0.444 e. The molecule has 1 aliphatic heterocycles. The summed E-state index contributed by atoms with van der Waals surface area (Å²) in [5.74, 6) is -0.585. The molecule has 3 N–H and O–H groups in total. The maximum absolute atomic E-state index is 12.1. The van der Waals surface area contributed by atoms with Crippen LogP contribution in [0.4, 0.5) is 10.5 Å². The number of aromatic nitrogens is 1. The molecule has 2 heterocycles. The van der Waals surface area contributed by atoms with Crippen molar-refractivity contribution in [1.29, 1.82) is 0 Å². The highest BCUT2D eigenvalue weighted by Gasteiger charge is 2.30. The summed E-state index contributed by atoms with van der Waals surface area (Å²) in [7, 11) is 0. The van der Waals surface area contributed by atoms with Gasteiger partial charge in [-0.1, -0.05) is 11.6 Å². The first-order chi connectivity index (χ1) is 10.7. The molecule has 0 aliphatic carbocycles. The molecule has 2 rings (SSSR count). The Kier molecular flexibility index (Phi) is 4.99. The van der Waals surface area contributed by atoms with E-state index in [2.05, 4.69) is 10.3 Å². The largest absolute Gasteiger partial charge is 0.444 e. The summed E-state index contributed by atoms with van der Waals surface area (Å²) in [5, 5.41) is 3.47. The molecule has 1 aliphatic rings. The van der Waals surface area contributed by atoms with Gasteiger partial charge in [-0.2, -0.15) is 0 Å². The van der Waals surface area contributed by atoms with Crippen molar-refractivity contribution in [1.82, 2.24) is 9.88 Å². The number of nitrogens with one attached hydrogen (secondary N) is 1. The number of anilines is 1. The number of nitrogens with zero attached hydrogens (tertiary/aromatic N) is 2. The number of halogens is 1. The van der Waals surface area contributed by atoms with Crippen LogP contribution in [0.1, 0.15) is 37.6 Å². The normalized spacial score (nSPS) is 17.9. The maximum atomic E-state index is 12.1. The van der Waals surface area contributed by atoms with Gasteiger partial charge in [0.05, 0.1) is 11.3 Å². The van der Waals surface area contributed by atoms with Crippen molar-refractivity contribution < 1.29 is 14.3 Å². The highest BCUT2D eigenvalue weighted by atomic mass is 35.5. The quantitative estimate of drug-likeness (QED) is 0.822. The van der Waals surface area contributed by atoms with Gasteiger partial charge in [0.2, 0.25) is 0 Å². The monoisotopic (exact) mass is 340 g/mol. The van der Waals surface area contributed by atoms with Crippen LogP contribution in [0.15, 0.2) is 12.3 Å². The highest BCUT2D eigenvalue weighted by Crippen LogP contribution is 2.23. The number of pyridine rings is 1. The van der Waals surface area contributed by atoms with Crippen LogP contribution in [0, 0.1) is 0 Å². The van der Waals surface area contributed by atoms with Crippen molar-refractivity contribution in [3.05, 3.63) is 23.0 Å². The molecule has 0 unspecified atom stereocenters. The Morgan fingerprint density at radius 3 is 2.78 bits per heavy atom. The molecule has 1 aromatic rings. The summed E-state index contributed by atoms with van der Waals surface area (Å²) in [6.45, 7) is 6.54. The van der Waals surface area contributed by atoms with E-state index in [9.17, 15) is 9.59 Å². The van der Waals surface area contributed by atoms with Crippen molar-refractivity contribution in [2.45, 2.75) is 38.8 Å². The van der Waals surface area contributed by atoms with Crippen molar-refractivity contribution in [2.24, 2.45) is 5.73 Å². The Labute approximate surface area is 140 Å². The minimum absolute atomic E-state index is 0.0147. The molecule has 7 nitrogen and oxygen atoms in total. The molecule has 1 aromatic heterocycles. The summed E-state index contributed by atoms with van der Waals surface area (Å²) in [4.78, 5) is 29.0. The van der Waals surface area contributed by atoms with Gasteiger partial charge in [-0.25, -0.2) is 9.78 Å². The highest BCUT2D eigenvalue weighted by molar-refractivity contribution is 6.29. The summed E-state index contributed by atoms with van der Waals surface area (Å²) in [6.07, 6.45) is 1.73. The summed E-state index contributed by atoms with van der Waals surface area (Å²) < 4.78 is 5.36. The molecule has 8 heteroatoms. The van der Waals surface area contributed by atoms with Crippen LogP contribution < -0.4 is 11.1 Å². The van der Waals surface area contributed by atoms with Crippen molar-refractivity contribution in [3.8, 4) is 0 Å². The molecule has 1 fully saturated rings. The number of rotatable bonds is 3. The number of carbonyl (C=O) groups is 2. The van der Waals surface area contributed by atoms with Crippen molar-refractivity contribution in [3.63, 3.8) is 0 Å². The molecule has 1 atom stereocenters. The first kappa shape index (κ1) is 17.3. The van der Waals surface area contributed by atoms with Crippen molar-refractivity contribution >= 4 is 29.3 Å². The van der Waals surface area contributed by atoms with Gasteiger partial charge >= 0.3 is 6.09 Å². The fourth-order valence-electron chi connectivity index (χ4n) is 2.34. The second-order valence-corrected chi connectivity index (χ2v) is 6.86. The third-order valence-corrected chi connectivity index (χ3v) is 3.54. The molecule has 0 saturated carbocycles. The Morgan fingerprint density at radius 1 is 1.48 bits per heavy atom. The Hall–Kier alpha value is -2.02. The van der Waals surface area contributed by atoms with Crippen LogP contribution in [0.3, 0.4) is 0 Å². The van der Waals surface area contributed by atoms with E-state index in [0.717, 1.165) is 6.42 Å². The van der Waals surface area contributed by atoms with Gasteiger partial charge in [-0.05, 0) is 33.3 Å². The molecular weight excluding hydrogens is 320 g/mol. The van der Waals surface area contributed by atoms with Gasteiger partial charge in [0.1, 0.15) is 10.8 Å². The van der Waals surface area contributed by atoms with Gasteiger partial charge in [0.15, 0.2) is 0 Å². The number of amides is 2. The second-order valence-electron chi connectivity index (χ2n) is 6.47. The average molecular weight is 341 g/mol. The Morgan fingerprint density at radius 2 is 2.17 bits per heavy atom. The lowest BCUT2D eigenvalue weighted by Gasteiger charge is -2.24.